The number of aromatic nitrogens is 12. The standard InChI is InChI=1S/C30H33N5O4.C29H27N5O5.C20H17N5O4/c1-4-24-19-30(35-29(31-32-33-35)34(24)5-2,28(36)39-21-23-14-10-7-11-15-23)26-17-16-25(37-3)18-27(26)38-20-22-12-8-6-9-13-22;1-3-37-27(35)22-15-13-21(14-16-22)17-38-24-12-8-7-11-23(24)26-25(19(2)30-29-31-32-33-34(26)29)28(36)39-18-20-9-5-4-6-10-20;1-12-16(19(28)29-11-13-5-3-2-4-6-13)17(25-20(21-12)22-23-24-25)14-7-9-15(10-8-14)18(26)27/h6-18,24H,4-5,19-21H2,1-3H3;4-16,26H,3,17-18H2,1-2H3,(H,30,31,33);2-10,17H,11H2,1H3,(H,26,27)(H,21,22,24). The van der Waals surface area contributed by atoms with Crippen LogP contribution >= 0.6 is 0 Å². The van der Waals surface area contributed by atoms with Crippen LogP contribution in [0.5, 0.6) is 17.2 Å². The van der Waals surface area contributed by atoms with Crippen molar-refractivity contribution in [1.29, 1.82) is 0 Å². The molecule has 0 aliphatic carbocycles. The van der Waals surface area contributed by atoms with Crippen molar-refractivity contribution < 1.29 is 62.2 Å². The molecule has 0 amide bonds. The Morgan fingerprint density at radius 3 is 1.52 bits per heavy atom. The number of benzene rings is 8. The highest BCUT2D eigenvalue weighted by atomic mass is 16.5. The minimum atomic E-state index is -1.35. The third kappa shape index (κ3) is 16.7. The number of rotatable bonds is 24. The van der Waals surface area contributed by atoms with Gasteiger partial charge in [-0.1, -0.05) is 186 Å². The van der Waals surface area contributed by atoms with E-state index in [4.69, 9.17) is 38.3 Å². The van der Waals surface area contributed by atoms with Crippen molar-refractivity contribution >= 4 is 47.7 Å². The fourth-order valence-corrected chi connectivity index (χ4v) is 12.8. The van der Waals surface area contributed by atoms with Crippen LogP contribution in [0.4, 0.5) is 17.8 Å². The fourth-order valence-electron chi connectivity index (χ4n) is 12.8. The summed E-state index contributed by atoms with van der Waals surface area (Å²) < 4.78 is 45.1. The molecule has 8 aromatic carbocycles. The van der Waals surface area contributed by atoms with E-state index < -0.39 is 41.5 Å². The van der Waals surface area contributed by atoms with Crippen molar-refractivity contribution in [2.45, 2.75) is 104 Å². The smallest absolute Gasteiger partial charge is 0.339 e. The minimum absolute atomic E-state index is 0.00171. The number of hydrogen-bond donors (Lipinski definition) is 3. The summed E-state index contributed by atoms with van der Waals surface area (Å²) in [5, 5.41) is 51.5. The van der Waals surface area contributed by atoms with Gasteiger partial charge >= 0.3 is 29.8 Å². The number of methoxy groups -OCH3 is 1. The summed E-state index contributed by atoms with van der Waals surface area (Å²) in [7, 11) is 1.60. The van der Waals surface area contributed by atoms with Crippen molar-refractivity contribution in [2.75, 3.05) is 35.8 Å². The minimum Gasteiger partial charge on any atom is -0.497 e. The fraction of sp³-hybridized carbons (Fsp3) is 0.241. The van der Waals surface area contributed by atoms with E-state index in [9.17, 15) is 24.0 Å². The summed E-state index contributed by atoms with van der Waals surface area (Å²) in [6.45, 7) is 11.4. The number of tetrazole rings is 3. The van der Waals surface area contributed by atoms with Crippen LogP contribution in [-0.2, 0) is 71.9 Å². The first kappa shape index (κ1) is 73.4. The lowest BCUT2D eigenvalue weighted by Gasteiger charge is -2.44. The first-order valence-corrected chi connectivity index (χ1v) is 34.6. The number of esters is 4. The molecule has 3 aliphatic heterocycles. The summed E-state index contributed by atoms with van der Waals surface area (Å²) in [5.41, 5.74) is 7.64. The number of allylic oxidation sites excluding steroid dienone is 2. The van der Waals surface area contributed by atoms with Gasteiger partial charge in [0.15, 0.2) is 5.54 Å². The van der Waals surface area contributed by atoms with E-state index in [2.05, 4.69) is 76.0 Å². The van der Waals surface area contributed by atoms with E-state index in [-0.39, 0.29) is 44.0 Å². The van der Waals surface area contributed by atoms with Crippen LogP contribution in [0.25, 0.3) is 0 Å². The van der Waals surface area contributed by atoms with Gasteiger partial charge in [-0.25, -0.2) is 24.0 Å². The van der Waals surface area contributed by atoms with E-state index in [1.807, 2.05) is 176 Å². The van der Waals surface area contributed by atoms with Gasteiger partial charge in [0.2, 0.25) is 17.8 Å². The summed E-state index contributed by atoms with van der Waals surface area (Å²) in [6, 6.07) is 63.2. The number of nitrogens with one attached hydrogen (secondary N) is 2. The highest BCUT2D eigenvalue weighted by Gasteiger charge is 2.54. The normalized spacial score (nSPS) is 16.1. The number of nitrogens with zero attached hydrogens (tertiary/aromatic N) is 13. The Bertz CT molecular complexity index is 4960. The van der Waals surface area contributed by atoms with Crippen molar-refractivity contribution in [3.63, 3.8) is 0 Å². The molecule has 107 heavy (non-hydrogen) atoms. The zero-order chi connectivity index (χ0) is 74.8. The largest absolute Gasteiger partial charge is 0.497 e. The van der Waals surface area contributed by atoms with Crippen molar-refractivity contribution in [1.82, 2.24) is 60.6 Å². The number of carbonyl (C=O) groups excluding carboxylic acids is 4. The van der Waals surface area contributed by atoms with Gasteiger partial charge in [-0.05, 0) is 141 Å². The molecule has 4 unspecified atom stereocenters. The number of carboxylic acid groups (broad SMARTS) is 1. The van der Waals surface area contributed by atoms with E-state index in [1.165, 1.54) is 16.8 Å². The molecule has 11 aromatic rings. The first-order chi connectivity index (χ1) is 52.2. The van der Waals surface area contributed by atoms with Gasteiger partial charge in [0.25, 0.3) is 0 Å². The molecule has 0 radical (unpaired) electrons. The molecule has 0 saturated carbocycles. The molecule has 0 bridgehead atoms. The Labute approximate surface area is 615 Å². The molecule has 28 nitrogen and oxygen atoms in total. The first-order valence-electron chi connectivity index (χ1n) is 34.6. The number of hydrogen-bond acceptors (Lipinski definition) is 24. The Hall–Kier alpha value is -13.4. The van der Waals surface area contributed by atoms with Crippen LogP contribution in [-0.4, -0.2) is 122 Å². The molecule has 14 rings (SSSR count). The van der Waals surface area contributed by atoms with E-state index >= 15 is 0 Å². The Balaban J connectivity index is 0.000000152. The predicted octanol–water partition coefficient (Wildman–Crippen LogP) is 11.6. The van der Waals surface area contributed by atoms with Gasteiger partial charge < -0.3 is 53.8 Å². The van der Waals surface area contributed by atoms with Gasteiger partial charge in [-0.2, -0.15) is 14.0 Å². The summed E-state index contributed by atoms with van der Waals surface area (Å²) in [6.07, 6.45) is 1.21. The predicted molar refractivity (Wildman–Crippen MR) is 390 cm³/mol. The lowest BCUT2D eigenvalue weighted by Crippen LogP contribution is -2.56. The van der Waals surface area contributed by atoms with Crippen molar-refractivity contribution in [3.05, 3.63) is 290 Å². The van der Waals surface area contributed by atoms with Crippen molar-refractivity contribution in [2.24, 2.45) is 0 Å². The highest BCUT2D eigenvalue weighted by Crippen LogP contribution is 2.47. The van der Waals surface area contributed by atoms with Crippen LogP contribution in [0.1, 0.15) is 125 Å². The summed E-state index contributed by atoms with van der Waals surface area (Å²) in [4.78, 5) is 66.0. The second-order valence-electron chi connectivity index (χ2n) is 24.8. The van der Waals surface area contributed by atoms with Gasteiger partial charge in [0.05, 0.1) is 36.0 Å². The van der Waals surface area contributed by atoms with Gasteiger partial charge in [0.1, 0.15) is 62.4 Å². The number of anilines is 3. The SMILES string of the molecule is CC1=C(C(=O)OCc2ccccc2)C(c2ccc(C(=O)O)cc2)n2nnnc2N1.CCC1CC(C(=O)OCc2ccccc2)(c2ccc(OC)cc2OCc2ccccc2)n2nnnc2N1CC.CCOC(=O)c1ccc(COc2ccccc2C2C(C(=O)OCc3ccccc3)=C(C)Nc3nnnn32)cc1. The number of fused-ring (bicyclic) bond motifs is 3. The van der Waals surface area contributed by atoms with Gasteiger partial charge in [0, 0.05) is 47.6 Å². The maximum Gasteiger partial charge on any atom is 0.339 e. The third-order valence-electron chi connectivity index (χ3n) is 18.1. The number of aromatic carboxylic acids is 1. The van der Waals surface area contributed by atoms with E-state index in [1.54, 1.807) is 61.5 Å². The lowest BCUT2D eigenvalue weighted by atomic mass is 9.80. The third-order valence-corrected chi connectivity index (χ3v) is 18.1. The molecule has 4 atom stereocenters. The quantitative estimate of drug-likeness (QED) is 0.0374. The highest BCUT2D eigenvalue weighted by molar-refractivity contribution is 5.94. The van der Waals surface area contributed by atoms with Crippen LogP contribution in [0.3, 0.4) is 0 Å². The lowest BCUT2D eigenvalue weighted by molar-refractivity contribution is -0.155. The molecule has 0 spiro atoms. The Morgan fingerprint density at radius 2 is 0.991 bits per heavy atom. The maximum atomic E-state index is 14.3. The molecule has 0 fully saturated rings. The summed E-state index contributed by atoms with van der Waals surface area (Å²) in [5.74, 6) is 0.164. The van der Waals surface area contributed by atoms with Crippen LogP contribution in [0.15, 0.2) is 235 Å². The molecule has 3 aromatic heterocycles. The van der Waals surface area contributed by atoms with Gasteiger partial charge in [-0.3, -0.25) is 0 Å². The molecule has 6 heterocycles. The molecule has 546 valence electrons. The zero-order valence-corrected chi connectivity index (χ0v) is 59.5. The molecule has 3 N–H and O–H groups in total. The average Bonchev–Trinajstić information content (AvgIpc) is 1.72. The zero-order valence-electron chi connectivity index (χ0n) is 59.5. The maximum absolute atomic E-state index is 14.3. The second-order valence-corrected chi connectivity index (χ2v) is 24.8. The van der Waals surface area contributed by atoms with Gasteiger partial charge in [-0.15, -0.1) is 0 Å². The van der Waals surface area contributed by atoms with Crippen molar-refractivity contribution in [3.8, 4) is 17.2 Å². The average molecular weight is 1440 g/mol. The molecule has 28 heteroatoms. The molecule has 3 aliphatic rings. The van der Waals surface area contributed by atoms with Crippen LogP contribution < -0.4 is 29.7 Å². The number of carbonyl (C=O) groups is 5. The van der Waals surface area contributed by atoms with E-state index in [0.29, 0.717) is 106 Å². The van der Waals surface area contributed by atoms with Crippen LogP contribution in [0, 0.1) is 0 Å². The topological polar surface area (TPSA) is 328 Å². The summed E-state index contributed by atoms with van der Waals surface area (Å²) >= 11 is 0. The Morgan fingerprint density at radius 1 is 0.505 bits per heavy atom. The number of para-hydroxylation sites is 1. The monoisotopic (exact) mass is 1440 g/mol. The molecular formula is C79H77N15O13. The van der Waals surface area contributed by atoms with Crippen LogP contribution in [0.2, 0.25) is 0 Å². The molecular weight excluding hydrogens is 1370 g/mol. The number of ether oxygens (including phenoxy) is 7. The number of carboxylic acids is 1. The van der Waals surface area contributed by atoms with E-state index in [0.717, 1.165) is 34.2 Å². The Kier molecular flexibility index (Phi) is 23.5. The molecule has 0 saturated heterocycles. The second kappa shape index (κ2) is 34.3.